The summed E-state index contributed by atoms with van der Waals surface area (Å²) in [5, 5.41) is 4.01. The van der Waals surface area contributed by atoms with E-state index in [0.717, 1.165) is 22.3 Å². The second-order valence-electron chi connectivity index (χ2n) is 8.69. The van der Waals surface area contributed by atoms with Gasteiger partial charge in [0, 0.05) is 6.54 Å². The van der Waals surface area contributed by atoms with E-state index in [1.54, 1.807) is 30.5 Å². The van der Waals surface area contributed by atoms with Crippen molar-refractivity contribution in [3.8, 4) is 0 Å². The van der Waals surface area contributed by atoms with Gasteiger partial charge in [-0.15, -0.1) is 0 Å². The van der Waals surface area contributed by atoms with Gasteiger partial charge in [-0.05, 0) is 48.6 Å². The first-order valence-electron chi connectivity index (χ1n) is 11.2. The van der Waals surface area contributed by atoms with Crippen LogP contribution in [0.3, 0.4) is 0 Å². The lowest BCUT2D eigenvalue weighted by Crippen LogP contribution is -2.39. The third-order valence-electron chi connectivity index (χ3n) is 5.43. The Bertz CT molecular complexity index is 1250. The second-order valence-corrected chi connectivity index (χ2v) is 10.6. The van der Waals surface area contributed by atoms with Crippen LogP contribution in [0.15, 0.2) is 82.8 Å². The van der Waals surface area contributed by atoms with Crippen molar-refractivity contribution in [3.63, 3.8) is 0 Å². The molecule has 0 radical (unpaired) electrons. The summed E-state index contributed by atoms with van der Waals surface area (Å²) in [5.41, 5.74) is 7.29. The van der Waals surface area contributed by atoms with Crippen LogP contribution >= 0.6 is 0 Å². The van der Waals surface area contributed by atoms with Gasteiger partial charge in [-0.2, -0.15) is 9.41 Å². The van der Waals surface area contributed by atoms with Gasteiger partial charge in [0.15, 0.2) is 0 Å². The minimum Gasteiger partial charge on any atom is -0.272 e. The number of carbonyl (C=O) groups excluding carboxylic acids is 1. The van der Waals surface area contributed by atoms with Gasteiger partial charge in [-0.25, -0.2) is 13.8 Å². The predicted octanol–water partition coefficient (Wildman–Crippen LogP) is 4.77. The number of nitrogens with zero attached hydrogens (tertiary/aromatic N) is 2. The molecule has 1 N–H and O–H groups in total. The number of nitrogens with one attached hydrogen (secondary N) is 1. The van der Waals surface area contributed by atoms with Crippen LogP contribution in [0.5, 0.6) is 0 Å². The van der Waals surface area contributed by atoms with E-state index in [4.69, 9.17) is 0 Å². The number of hydrogen-bond donors (Lipinski definition) is 1. The summed E-state index contributed by atoms with van der Waals surface area (Å²) < 4.78 is 27.9. The summed E-state index contributed by atoms with van der Waals surface area (Å²) in [6.07, 6.45) is 1.54. The van der Waals surface area contributed by atoms with Gasteiger partial charge in [0.25, 0.3) is 5.91 Å². The highest BCUT2D eigenvalue weighted by Crippen LogP contribution is 2.19. The van der Waals surface area contributed by atoms with Crippen molar-refractivity contribution in [1.82, 2.24) is 9.73 Å². The van der Waals surface area contributed by atoms with Crippen molar-refractivity contribution < 1.29 is 13.2 Å². The predicted molar refractivity (Wildman–Crippen MR) is 136 cm³/mol. The molecule has 34 heavy (non-hydrogen) atoms. The fourth-order valence-electron chi connectivity index (χ4n) is 3.44. The number of rotatable bonds is 9. The number of hydrazone groups is 1. The van der Waals surface area contributed by atoms with Crippen LogP contribution in [-0.2, 0) is 21.4 Å². The molecule has 3 aromatic rings. The van der Waals surface area contributed by atoms with Gasteiger partial charge < -0.3 is 0 Å². The highest BCUT2D eigenvalue weighted by Gasteiger charge is 2.27. The van der Waals surface area contributed by atoms with Crippen LogP contribution in [-0.4, -0.2) is 31.4 Å². The zero-order valence-electron chi connectivity index (χ0n) is 20.0. The van der Waals surface area contributed by atoms with Crippen LogP contribution in [0, 0.1) is 13.8 Å². The van der Waals surface area contributed by atoms with E-state index in [0.29, 0.717) is 5.92 Å². The summed E-state index contributed by atoms with van der Waals surface area (Å²) in [7, 11) is -3.89. The number of hydrogen-bond acceptors (Lipinski definition) is 4. The molecule has 0 aliphatic carbocycles. The molecule has 3 rings (SSSR count). The zero-order chi connectivity index (χ0) is 24.7. The van der Waals surface area contributed by atoms with Crippen LogP contribution in [0.4, 0.5) is 0 Å². The summed E-state index contributed by atoms with van der Waals surface area (Å²) in [5.74, 6) is -0.0843. The molecule has 0 aliphatic rings. The summed E-state index contributed by atoms with van der Waals surface area (Å²) in [6, 6.07) is 22.1. The third-order valence-corrected chi connectivity index (χ3v) is 7.23. The van der Waals surface area contributed by atoms with E-state index >= 15 is 0 Å². The van der Waals surface area contributed by atoms with Crippen LogP contribution in [0.2, 0.25) is 0 Å². The van der Waals surface area contributed by atoms with E-state index in [2.05, 4.69) is 24.4 Å². The number of aryl methyl sites for hydroxylation is 2. The molecule has 0 fully saturated rings. The highest BCUT2D eigenvalue weighted by atomic mass is 32.2. The van der Waals surface area contributed by atoms with Crippen LogP contribution in [0.1, 0.15) is 47.6 Å². The molecule has 178 valence electrons. The molecule has 6 nitrogen and oxygen atoms in total. The Morgan fingerprint density at radius 3 is 2.26 bits per heavy atom. The maximum atomic E-state index is 13.4. The SMILES string of the molecule is Cc1ccc(S(=O)(=O)N(CC(=O)N/N=C\c2ccc(C(C)C)cc2)Cc2cccc(C)c2)cc1. The maximum Gasteiger partial charge on any atom is 0.255 e. The van der Waals surface area contributed by atoms with E-state index in [9.17, 15) is 13.2 Å². The molecule has 0 saturated carbocycles. The Kier molecular flexibility index (Phi) is 8.36. The molecule has 1 amide bonds. The number of benzene rings is 3. The Hall–Kier alpha value is -3.29. The Labute approximate surface area is 202 Å². The summed E-state index contributed by atoms with van der Waals surface area (Å²) >= 11 is 0. The van der Waals surface area contributed by atoms with Gasteiger partial charge in [0.2, 0.25) is 10.0 Å². The molecular weight excluding hydrogens is 446 g/mol. The van der Waals surface area contributed by atoms with Gasteiger partial charge >= 0.3 is 0 Å². The van der Waals surface area contributed by atoms with Crippen molar-refractivity contribution in [2.24, 2.45) is 5.10 Å². The first-order chi connectivity index (χ1) is 16.1. The molecule has 0 heterocycles. The van der Waals surface area contributed by atoms with Gasteiger partial charge in [0.1, 0.15) is 0 Å². The monoisotopic (exact) mass is 477 g/mol. The average molecular weight is 478 g/mol. The van der Waals surface area contributed by atoms with Gasteiger partial charge in [0.05, 0.1) is 17.7 Å². The fourth-order valence-corrected chi connectivity index (χ4v) is 4.83. The lowest BCUT2D eigenvalue weighted by atomic mass is 10.0. The van der Waals surface area contributed by atoms with Crippen molar-refractivity contribution in [1.29, 1.82) is 0 Å². The van der Waals surface area contributed by atoms with Crippen LogP contribution in [0.25, 0.3) is 0 Å². The fraction of sp³-hybridized carbons (Fsp3) is 0.259. The first kappa shape index (κ1) is 25.3. The lowest BCUT2D eigenvalue weighted by molar-refractivity contribution is -0.121. The molecule has 0 atom stereocenters. The summed E-state index contributed by atoms with van der Waals surface area (Å²) in [6.45, 7) is 7.80. The van der Waals surface area contributed by atoms with Crippen LogP contribution < -0.4 is 5.43 Å². The first-order valence-corrected chi connectivity index (χ1v) is 12.6. The normalized spacial score (nSPS) is 11.9. The molecule has 3 aromatic carbocycles. The minimum absolute atomic E-state index is 0.0751. The zero-order valence-corrected chi connectivity index (χ0v) is 20.8. The van der Waals surface area contributed by atoms with E-state index in [-0.39, 0.29) is 18.0 Å². The Morgan fingerprint density at radius 1 is 0.971 bits per heavy atom. The van der Waals surface area contributed by atoms with E-state index in [1.165, 1.54) is 9.87 Å². The molecule has 0 bridgehead atoms. The Morgan fingerprint density at radius 2 is 1.65 bits per heavy atom. The van der Waals surface area contributed by atoms with Crippen molar-refractivity contribution >= 4 is 22.1 Å². The largest absolute Gasteiger partial charge is 0.272 e. The van der Waals surface area contributed by atoms with Crippen molar-refractivity contribution in [3.05, 3.63) is 101 Å². The third kappa shape index (κ3) is 6.85. The molecule has 0 aromatic heterocycles. The average Bonchev–Trinajstić information content (AvgIpc) is 2.79. The van der Waals surface area contributed by atoms with Crippen molar-refractivity contribution in [2.45, 2.75) is 45.1 Å². The van der Waals surface area contributed by atoms with Gasteiger partial charge in [-0.1, -0.05) is 85.6 Å². The van der Waals surface area contributed by atoms with Gasteiger partial charge in [-0.3, -0.25) is 4.79 Å². The number of carbonyl (C=O) groups is 1. The maximum absolute atomic E-state index is 13.4. The number of sulfonamides is 1. The smallest absolute Gasteiger partial charge is 0.255 e. The van der Waals surface area contributed by atoms with E-state index < -0.39 is 15.9 Å². The molecule has 0 aliphatic heterocycles. The number of amides is 1. The molecule has 7 heteroatoms. The second kappa shape index (κ2) is 11.2. The van der Waals surface area contributed by atoms with Crippen molar-refractivity contribution in [2.75, 3.05) is 6.54 Å². The minimum atomic E-state index is -3.89. The molecule has 0 saturated heterocycles. The lowest BCUT2D eigenvalue weighted by Gasteiger charge is -2.22. The topological polar surface area (TPSA) is 78.8 Å². The summed E-state index contributed by atoms with van der Waals surface area (Å²) in [4.78, 5) is 12.8. The quantitative estimate of drug-likeness (QED) is 0.356. The molecular formula is C27H31N3O3S. The molecule has 0 spiro atoms. The standard InChI is InChI=1S/C27H31N3O3S/c1-20(2)25-12-10-23(11-13-25)17-28-29-27(31)19-30(18-24-7-5-6-22(4)16-24)34(32,33)26-14-8-21(3)9-15-26/h5-17,20H,18-19H2,1-4H3,(H,29,31)/b28-17-. The molecule has 0 unspecified atom stereocenters. The Balaban J connectivity index is 1.76. The highest BCUT2D eigenvalue weighted by molar-refractivity contribution is 7.89. The van der Waals surface area contributed by atoms with E-state index in [1.807, 2.05) is 62.4 Å².